The van der Waals surface area contributed by atoms with Gasteiger partial charge in [-0.25, -0.2) is 18.1 Å². The second-order valence-electron chi connectivity index (χ2n) is 9.27. The standard InChI is InChI=1S/C22H33N3O4S/c26-30(27,18-9-10-18)24-20-4-2-12-25-13-14-28-22-19(3-1-11-23-22)16-5-7-17(8-6-16)29-15-21(20)25/h1,3,11,16-18,20-21,24H,2,4-10,12-15H2/t16?,17?,20-,21?/m0/s1. The first-order chi connectivity index (χ1) is 14.6. The smallest absolute Gasteiger partial charge is 0.216 e. The molecule has 1 unspecified atom stereocenters. The van der Waals surface area contributed by atoms with Crippen LogP contribution in [0, 0.1) is 0 Å². The lowest BCUT2D eigenvalue weighted by Gasteiger charge is -2.42. The monoisotopic (exact) mass is 435 g/mol. The number of fused-ring (bicyclic) bond motifs is 5. The first-order valence-electron chi connectivity index (χ1n) is 11.5. The van der Waals surface area contributed by atoms with E-state index in [4.69, 9.17) is 9.47 Å². The van der Waals surface area contributed by atoms with Crippen molar-refractivity contribution in [3.63, 3.8) is 0 Å². The van der Waals surface area contributed by atoms with Gasteiger partial charge in [-0.05, 0) is 69.9 Å². The Balaban J connectivity index is 1.35. The van der Waals surface area contributed by atoms with E-state index >= 15 is 0 Å². The Bertz CT molecular complexity index is 837. The van der Waals surface area contributed by atoms with E-state index < -0.39 is 10.0 Å². The predicted octanol–water partition coefficient (Wildman–Crippen LogP) is 2.43. The van der Waals surface area contributed by atoms with Gasteiger partial charge in [-0.2, -0.15) is 0 Å². The minimum absolute atomic E-state index is 0.0533. The first-order valence-corrected chi connectivity index (χ1v) is 13.1. The molecule has 3 aliphatic heterocycles. The number of hydrogen-bond acceptors (Lipinski definition) is 6. The van der Waals surface area contributed by atoms with E-state index in [9.17, 15) is 8.42 Å². The van der Waals surface area contributed by atoms with Crippen molar-refractivity contribution >= 4 is 10.0 Å². The van der Waals surface area contributed by atoms with Gasteiger partial charge in [0, 0.05) is 30.4 Å². The van der Waals surface area contributed by atoms with E-state index in [1.165, 1.54) is 5.56 Å². The van der Waals surface area contributed by atoms with Gasteiger partial charge < -0.3 is 9.47 Å². The molecule has 2 atom stereocenters. The number of aromatic nitrogens is 1. The van der Waals surface area contributed by atoms with Crippen LogP contribution in [0.2, 0.25) is 0 Å². The Morgan fingerprint density at radius 3 is 2.70 bits per heavy atom. The maximum Gasteiger partial charge on any atom is 0.216 e. The molecule has 8 heteroatoms. The second-order valence-corrected chi connectivity index (χ2v) is 11.3. The maximum absolute atomic E-state index is 12.6. The zero-order valence-corrected chi connectivity index (χ0v) is 18.4. The van der Waals surface area contributed by atoms with Crippen LogP contribution in [0.25, 0.3) is 0 Å². The molecular weight excluding hydrogens is 402 g/mol. The summed E-state index contributed by atoms with van der Waals surface area (Å²) in [5.41, 5.74) is 1.22. The lowest BCUT2D eigenvalue weighted by atomic mass is 9.83. The molecule has 1 aromatic rings. The van der Waals surface area contributed by atoms with Crippen LogP contribution in [-0.4, -0.2) is 68.0 Å². The summed E-state index contributed by atoms with van der Waals surface area (Å²) in [6.07, 6.45) is 9.72. The molecule has 2 aliphatic carbocycles. The Labute approximate surface area is 179 Å². The van der Waals surface area contributed by atoms with Crippen molar-refractivity contribution in [2.24, 2.45) is 0 Å². The molecule has 0 radical (unpaired) electrons. The molecule has 1 aromatic heterocycles. The molecule has 5 aliphatic rings. The van der Waals surface area contributed by atoms with Crippen molar-refractivity contribution in [1.29, 1.82) is 0 Å². The van der Waals surface area contributed by atoms with Gasteiger partial charge in [-0.3, -0.25) is 4.90 Å². The number of ether oxygens (including phenoxy) is 2. The molecule has 30 heavy (non-hydrogen) atoms. The topological polar surface area (TPSA) is 80.8 Å². The summed E-state index contributed by atoms with van der Waals surface area (Å²) in [5.74, 6) is 1.25. The van der Waals surface area contributed by atoms with Crippen LogP contribution in [0.15, 0.2) is 18.3 Å². The molecule has 7 nitrogen and oxygen atoms in total. The fraction of sp³-hybridized carbons (Fsp3) is 0.773. The van der Waals surface area contributed by atoms with Crippen molar-refractivity contribution in [3.8, 4) is 5.88 Å². The van der Waals surface area contributed by atoms with Gasteiger partial charge in [-0.15, -0.1) is 0 Å². The van der Waals surface area contributed by atoms with Crippen LogP contribution in [0.5, 0.6) is 5.88 Å². The van der Waals surface area contributed by atoms with Crippen molar-refractivity contribution < 1.29 is 17.9 Å². The summed E-state index contributed by atoms with van der Waals surface area (Å²) in [7, 11) is -3.22. The summed E-state index contributed by atoms with van der Waals surface area (Å²) in [4.78, 5) is 6.87. The third kappa shape index (κ3) is 4.52. The van der Waals surface area contributed by atoms with Crippen molar-refractivity contribution in [3.05, 3.63) is 23.9 Å². The lowest BCUT2D eigenvalue weighted by molar-refractivity contribution is -0.0284. The molecular formula is C22H33N3O4S. The number of nitrogens with one attached hydrogen (secondary N) is 1. The number of nitrogens with zero attached hydrogens (tertiary/aromatic N) is 2. The Kier molecular flexibility index (Phi) is 6.01. The van der Waals surface area contributed by atoms with Gasteiger partial charge in [0.05, 0.1) is 18.0 Å². The zero-order chi connectivity index (χ0) is 20.6. The first kappa shape index (κ1) is 20.7. The van der Waals surface area contributed by atoms with E-state index in [0.717, 1.165) is 70.3 Å². The lowest BCUT2D eigenvalue weighted by Crippen LogP contribution is -2.58. The normalized spacial score (nSPS) is 33.3. The highest BCUT2D eigenvalue weighted by Gasteiger charge is 2.41. The average Bonchev–Trinajstić information content (AvgIpc) is 3.59. The predicted molar refractivity (Wildman–Crippen MR) is 114 cm³/mol. The second kappa shape index (κ2) is 8.73. The summed E-state index contributed by atoms with van der Waals surface area (Å²) < 4.78 is 40.8. The fourth-order valence-corrected chi connectivity index (χ4v) is 6.96. The number of hydrogen-bond donors (Lipinski definition) is 1. The molecule has 6 rings (SSSR count). The Morgan fingerprint density at radius 2 is 1.90 bits per heavy atom. The number of piperidine rings is 1. The molecule has 166 valence electrons. The van der Waals surface area contributed by atoms with E-state index in [0.29, 0.717) is 19.1 Å². The van der Waals surface area contributed by atoms with Crippen LogP contribution < -0.4 is 9.46 Å². The van der Waals surface area contributed by atoms with Crippen molar-refractivity contribution in [2.45, 2.75) is 80.7 Å². The fourth-order valence-electron chi connectivity index (χ4n) is 5.32. The zero-order valence-electron chi connectivity index (χ0n) is 17.5. The number of pyridine rings is 1. The van der Waals surface area contributed by atoms with Crippen molar-refractivity contribution in [2.75, 3.05) is 26.3 Å². The van der Waals surface area contributed by atoms with Crippen LogP contribution in [0.4, 0.5) is 0 Å². The van der Waals surface area contributed by atoms with Crippen LogP contribution in [-0.2, 0) is 14.8 Å². The maximum atomic E-state index is 12.6. The molecule has 0 aromatic carbocycles. The molecule has 4 heterocycles. The molecule has 2 bridgehead atoms. The van der Waals surface area contributed by atoms with Crippen molar-refractivity contribution in [1.82, 2.24) is 14.6 Å². The SMILES string of the molecule is O=S(=O)(N[C@H]1CCCN2CCOc3ncccc3C3CCC(CC3)OCC12)C1CC1. The highest BCUT2D eigenvalue weighted by atomic mass is 32.2. The Morgan fingerprint density at radius 1 is 1.07 bits per heavy atom. The van der Waals surface area contributed by atoms with E-state index in [2.05, 4.69) is 20.7 Å². The molecule has 2 saturated carbocycles. The highest BCUT2D eigenvalue weighted by Crippen LogP contribution is 2.38. The summed E-state index contributed by atoms with van der Waals surface area (Å²) in [6, 6.07) is 4.12. The summed E-state index contributed by atoms with van der Waals surface area (Å²) in [6.45, 7) is 2.83. The van der Waals surface area contributed by atoms with E-state index in [-0.39, 0.29) is 23.4 Å². The van der Waals surface area contributed by atoms with Crippen LogP contribution in [0.1, 0.15) is 62.8 Å². The summed E-state index contributed by atoms with van der Waals surface area (Å²) >= 11 is 0. The molecule has 0 spiro atoms. The Hall–Kier alpha value is -1.22. The third-order valence-corrected chi connectivity index (χ3v) is 9.19. The molecule has 1 N–H and O–H groups in total. The van der Waals surface area contributed by atoms with Gasteiger partial charge in [0.1, 0.15) is 6.61 Å². The van der Waals surface area contributed by atoms with Gasteiger partial charge in [0.25, 0.3) is 0 Å². The quantitative estimate of drug-likeness (QED) is 0.785. The number of rotatable bonds is 3. The average molecular weight is 436 g/mol. The number of sulfonamides is 1. The molecule has 3 fully saturated rings. The highest BCUT2D eigenvalue weighted by molar-refractivity contribution is 7.90. The van der Waals surface area contributed by atoms with Gasteiger partial charge in [0.2, 0.25) is 15.9 Å². The minimum Gasteiger partial charge on any atom is -0.476 e. The van der Waals surface area contributed by atoms with Crippen LogP contribution in [0.3, 0.4) is 0 Å². The van der Waals surface area contributed by atoms with Gasteiger partial charge >= 0.3 is 0 Å². The van der Waals surface area contributed by atoms with E-state index in [1.54, 1.807) is 6.20 Å². The van der Waals surface area contributed by atoms with Gasteiger partial charge in [0.15, 0.2) is 0 Å². The third-order valence-electron chi connectivity index (χ3n) is 7.21. The van der Waals surface area contributed by atoms with Crippen LogP contribution >= 0.6 is 0 Å². The molecule has 0 amide bonds. The molecule has 1 saturated heterocycles. The largest absolute Gasteiger partial charge is 0.476 e. The van der Waals surface area contributed by atoms with Gasteiger partial charge in [-0.1, -0.05) is 6.07 Å². The van der Waals surface area contributed by atoms with E-state index in [1.807, 2.05) is 6.07 Å². The summed E-state index contributed by atoms with van der Waals surface area (Å²) in [5, 5.41) is -0.190. The minimum atomic E-state index is -3.22.